The fourth-order valence-corrected chi connectivity index (χ4v) is 3.07. The van der Waals surface area contributed by atoms with E-state index in [-0.39, 0.29) is 23.6 Å². The first kappa shape index (κ1) is 17.5. The van der Waals surface area contributed by atoms with E-state index in [4.69, 9.17) is 0 Å². The minimum absolute atomic E-state index is 0.00645. The Morgan fingerprint density at radius 2 is 1.86 bits per heavy atom. The van der Waals surface area contributed by atoms with Crippen LogP contribution in [0.5, 0.6) is 0 Å². The van der Waals surface area contributed by atoms with Crippen LogP contribution in [0.3, 0.4) is 0 Å². The van der Waals surface area contributed by atoms with E-state index in [1.165, 1.54) is 4.90 Å². The Balaban J connectivity index is 3.21. The molecule has 1 aliphatic heterocycles. The van der Waals surface area contributed by atoms with Gasteiger partial charge in [-0.2, -0.15) is 0 Å². The summed E-state index contributed by atoms with van der Waals surface area (Å²) in [4.78, 5) is 25.4. The molecule has 0 spiro atoms. The van der Waals surface area contributed by atoms with Crippen molar-refractivity contribution in [2.45, 2.75) is 66.0 Å². The SMILES string of the molecule is CCCCC(C(=O)O)N1C(=O)C(O)=C(C(C)C)C1C(C)C. The molecule has 0 bridgehead atoms. The molecule has 1 rings (SSSR count). The highest BCUT2D eigenvalue weighted by Gasteiger charge is 2.46. The Morgan fingerprint density at radius 1 is 1.29 bits per heavy atom. The van der Waals surface area contributed by atoms with Crippen LogP contribution in [0.2, 0.25) is 0 Å². The molecule has 0 saturated carbocycles. The monoisotopic (exact) mass is 297 g/mol. The molecule has 21 heavy (non-hydrogen) atoms. The maximum Gasteiger partial charge on any atom is 0.326 e. The van der Waals surface area contributed by atoms with Crippen LogP contribution in [0.1, 0.15) is 53.9 Å². The predicted molar refractivity (Wildman–Crippen MR) is 80.9 cm³/mol. The molecule has 0 aromatic heterocycles. The van der Waals surface area contributed by atoms with Gasteiger partial charge < -0.3 is 15.1 Å². The van der Waals surface area contributed by atoms with Crippen molar-refractivity contribution in [3.05, 3.63) is 11.3 Å². The number of carbonyl (C=O) groups is 2. The quantitative estimate of drug-likeness (QED) is 0.757. The molecule has 0 saturated heterocycles. The first-order chi connectivity index (χ1) is 9.73. The molecule has 1 aliphatic rings. The zero-order chi connectivity index (χ0) is 16.3. The van der Waals surface area contributed by atoms with E-state index in [0.717, 1.165) is 12.8 Å². The molecule has 5 nitrogen and oxygen atoms in total. The summed E-state index contributed by atoms with van der Waals surface area (Å²) < 4.78 is 0. The van der Waals surface area contributed by atoms with Gasteiger partial charge >= 0.3 is 5.97 Å². The minimum Gasteiger partial charge on any atom is -0.503 e. The summed E-state index contributed by atoms with van der Waals surface area (Å²) in [6.07, 6.45) is 2.03. The number of carboxylic acid groups (broad SMARTS) is 1. The van der Waals surface area contributed by atoms with Crippen LogP contribution in [0.25, 0.3) is 0 Å². The molecule has 120 valence electrons. The number of hydrogen-bond donors (Lipinski definition) is 2. The first-order valence-corrected chi connectivity index (χ1v) is 7.72. The number of aliphatic hydroxyl groups excluding tert-OH is 1. The van der Waals surface area contributed by atoms with E-state index in [1.807, 2.05) is 34.6 Å². The van der Waals surface area contributed by atoms with Gasteiger partial charge in [-0.15, -0.1) is 0 Å². The van der Waals surface area contributed by atoms with Crippen LogP contribution in [0, 0.1) is 11.8 Å². The Bertz CT molecular complexity index is 440. The summed E-state index contributed by atoms with van der Waals surface area (Å²) in [7, 11) is 0. The van der Waals surface area contributed by atoms with E-state index < -0.39 is 17.9 Å². The second-order valence-electron chi connectivity index (χ2n) is 6.36. The van der Waals surface area contributed by atoms with Crippen molar-refractivity contribution in [3.63, 3.8) is 0 Å². The third-order valence-corrected chi connectivity index (χ3v) is 4.03. The number of unbranched alkanes of at least 4 members (excludes halogenated alkanes) is 1. The lowest BCUT2D eigenvalue weighted by Crippen LogP contribution is -2.50. The van der Waals surface area contributed by atoms with Crippen molar-refractivity contribution in [2.75, 3.05) is 0 Å². The summed E-state index contributed by atoms with van der Waals surface area (Å²) in [5.74, 6) is -1.74. The summed E-state index contributed by atoms with van der Waals surface area (Å²) >= 11 is 0. The molecule has 1 amide bonds. The summed E-state index contributed by atoms with van der Waals surface area (Å²) in [5.41, 5.74) is 0.665. The standard InChI is InChI=1S/C16H27NO4/c1-6-7-8-11(16(20)21)17-13(10(4)5)12(9(2)3)14(18)15(17)19/h9-11,13,18H,6-8H2,1-5H3,(H,20,21). The lowest BCUT2D eigenvalue weighted by Gasteiger charge is -2.35. The van der Waals surface area contributed by atoms with E-state index in [2.05, 4.69) is 0 Å². The van der Waals surface area contributed by atoms with Crippen LogP contribution in [0.15, 0.2) is 11.3 Å². The van der Waals surface area contributed by atoms with E-state index in [0.29, 0.717) is 12.0 Å². The Kier molecular flexibility index (Phi) is 5.81. The van der Waals surface area contributed by atoms with Gasteiger partial charge in [0.15, 0.2) is 5.76 Å². The molecule has 2 N–H and O–H groups in total. The minimum atomic E-state index is -1.000. The average Bonchev–Trinajstić information content (AvgIpc) is 2.64. The smallest absolute Gasteiger partial charge is 0.326 e. The second kappa shape index (κ2) is 6.96. The fraction of sp³-hybridized carbons (Fsp3) is 0.750. The lowest BCUT2D eigenvalue weighted by atomic mass is 9.88. The number of nitrogens with zero attached hydrogens (tertiary/aromatic N) is 1. The van der Waals surface area contributed by atoms with Crippen LogP contribution in [-0.4, -0.2) is 39.1 Å². The van der Waals surface area contributed by atoms with Gasteiger partial charge in [0, 0.05) is 5.57 Å². The van der Waals surface area contributed by atoms with Crippen molar-refractivity contribution in [2.24, 2.45) is 11.8 Å². The molecule has 2 atom stereocenters. The topological polar surface area (TPSA) is 77.8 Å². The predicted octanol–water partition coefficient (Wildman–Crippen LogP) is 2.96. The van der Waals surface area contributed by atoms with Crippen molar-refractivity contribution in [1.29, 1.82) is 0 Å². The first-order valence-electron chi connectivity index (χ1n) is 7.72. The van der Waals surface area contributed by atoms with E-state index in [1.54, 1.807) is 0 Å². The summed E-state index contributed by atoms with van der Waals surface area (Å²) in [5, 5.41) is 19.7. The normalized spacial score (nSPS) is 20.8. The average molecular weight is 297 g/mol. The lowest BCUT2D eigenvalue weighted by molar-refractivity contribution is -0.150. The van der Waals surface area contributed by atoms with Crippen molar-refractivity contribution < 1.29 is 19.8 Å². The molecule has 0 aromatic rings. The van der Waals surface area contributed by atoms with Gasteiger partial charge in [-0.3, -0.25) is 4.79 Å². The number of carboxylic acids is 1. The van der Waals surface area contributed by atoms with E-state index in [9.17, 15) is 19.8 Å². The zero-order valence-electron chi connectivity index (χ0n) is 13.6. The van der Waals surface area contributed by atoms with Crippen LogP contribution >= 0.6 is 0 Å². The number of carbonyl (C=O) groups excluding carboxylic acids is 1. The highest BCUT2D eigenvalue weighted by atomic mass is 16.4. The molecule has 2 unspecified atom stereocenters. The molecule has 5 heteroatoms. The van der Waals surface area contributed by atoms with Gasteiger partial charge in [-0.1, -0.05) is 47.5 Å². The third kappa shape index (κ3) is 3.39. The van der Waals surface area contributed by atoms with Gasteiger partial charge in [0.25, 0.3) is 5.91 Å². The van der Waals surface area contributed by atoms with Crippen molar-refractivity contribution in [1.82, 2.24) is 4.90 Å². The van der Waals surface area contributed by atoms with Gasteiger partial charge in [0.05, 0.1) is 6.04 Å². The molecule has 0 fully saturated rings. The van der Waals surface area contributed by atoms with Crippen molar-refractivity contribution in [3.8, 4) is 0 Å². The third-order valence-electron chi connectivity index (χ3n) is 4.03. The number of aliphatic carboxylic acids is 1. The molecule has 0 aliphatic carbocycles. The van der Waals surface area contributed by atoms with Gasteiger partial charge in [-0.25, -0.2) is 4.79 Å². The Hall–Kier alpha value is -1.52. The number of amides is 1. The van der Waals surface area contributed by atoms with Gasteiger partial charge in [-0.05, 0) is 18.3 Å². The summed E-state index contributed by atoms with van der Waals surface area (Å²) in [6, 6.07) is -1.21. The fourth-order valence-electron chi connectivity index (χ4n) is 3.07. The van der Waals surface area contributed by atoms with Crippen LogP contribution in [0.4, 0.5) is 0 Å². The number of aliphatic hydroxyl groups is 1. The van der Waals surface area contributed by atoms with E-state index >= 15 is 0 Å². The summed E-state index contributed by atoms with van der Waals surface area (Å²) in [6.45, 7) is 9.72. The maximum atomic E-state index is 12.4. The second-order valence-corrected chi connectivity index (χ2v) is 6.36. The highest BCUT2D eigenvalue weighted by Crippen LogP contribution is 2.36. The zero-order valence-corrected chi connectivity index (χ0v) is 13.6. The number of hydrogen-bond acceptors (Lipinski definition) is 3. The van der Waals surface area contributed by atoms with Gasteiger partial charge in [0.1, 0.15) is 6.04 Å². The Labute approximate surface area is 126 Å². The largest absolute Gasteiger partial charge is 0.503 e. The van der Waals surface area contributed by atoms with Crippen LogP contribution < -0.4 is 0 Å². The number of rotatable bonds is 7. The molecular weight excluding hydrogens is 270 g/mol. The molecular formula is C16H27NO4. The molecule has 0 radical (unpaired) electrons. The van der Waals surface area contributed by atoms with Crippen LogP contribution in [-0.2, 0) is 9.59 Å². The highest BCUT2D eigenvalue weighted by molar-refractivity contribution is 5.98. The Morgan fingerprint density at radius 3 is 2.24 bits per heavy atom. The molecule has 0 aromatic carbocycles. The van der Waals surface area contributed by atoms with Gasteiger partial charge in [0.2, 0.25) is 0 Å². The van der Waals surface area contributed by atoms with Crippen molar-refractivity contribution >= 4 is 11.9 Å². The molecule has 1 heterocycles. The maximum absolute atomic E-state index is 12.4.